The zero-order valence-electron chi connectivity index (χ0n) is 18.5. The van der Waals surface area contributed by atoms with Crippen molar-refractivity contribution in [2.45, 2.75) is 45.6 Å². The number of benzene rings is 1. The molecule has 0 spiro atoms. The fourth-order valence-electron chi connectivity index (χ4n) is 3.45. The summed E-state index contributed by atoms with van der Waals surface area (Å²) >= 11 is 0. The Bertz CT molecular complexity index is 664. The lowest BCUT2D eigenvalue weighted by atomic mass is 9.89. The summed E-state index contributed by atoms with van der Waals surface area (Å²) in [7, 11) is 3.40. The maximum Gasteiger partial charge on any atom is 0.223 e. The van der Waals surface area contributed by atoms with Crippen molar-refractivity contribution in [1.82, 2.24) is 16.0 Å². The van der Waals surface area contributed by atoms with Crippen LogP contribution >= 0.6 is 24.0 Å². The average molecular weight is 532 g/mol. The maximum atomic E-state index is 12.2. The molecule has 30 heavy (non-hydrogen) atoms. The second-order valence-electron chi connectivity index (χ2n) is 7.43. The second kappa shape index (κ2) is 15.3. The fraction of sp³-hybridized carbons (Fsp3) is 0.636. The SMILES string of the molecule is CN=C(NCCNC(=O)C1CCCCC1)NCc1ccc(C)cc1OCCOC.I. The maximum absolute atomic E-state index is 12.2. The van der Waals surface area contributed by atoms with Gasteiger partial charge in [-0.2, -0.15) is 0 Å². The molecule has 0 radical (unpaired) electrons. The van der Waals surface area contributed by atoms with Crippen LogP contribution in [0.15, 0.2) is 23.2 Å². The van der Waals surface area contributed by atoms with Gasteiger partial charge in [-0.3, -0.25) is 9.79 Å². The minimum atomic E-state index is 0. The highest BCUT2D eigenvalue weighted by Gasteiger charge is 2.20. The van der Waals surface area contributed by atoms with Crippen molar-refractivity contribution in [1.29, 1.82) is 0 Å². The third kappa shape index (κ3) is 9.51. The predicted octanol–water partition coefficient (Wildman–Crippen LogP) is 3.00. The van der Waals surface area contributed by atoms with Gasteiger partial charge in [-0.1, -0.05) is 31.4 Å². The summed E-state index contributed by atoms with van der Waals surface area (Å²) < 4.78 is 10.9. The summed E-state index contributed by atoms with van der Waals surface area (Å²) in [6.07, 6.45) is 5.64. The van der Waals surface area contributed by atoms with Crippen LogP contribution in [0.3, 0.4) is 0 Å². The molecule has 7 nitrogen and oxygen atoms in total. The van der Waals surface area contributed by atoms with E-state index in [1.807, 2.05) is 13.0 Å². The van der Waals surface area contributed by atoms with E-state index < -0.39 is 0 Å². The Morgan fingerprint density at radius 2 is 1.83 bits per heavy atom. The smallest absolute Gasteiger partial charge is 0.223 e. The summed E-state index contributed by atoms with van der Waals surface area (Å²) in [4.78, 5) is 16.4. The number of carbonyl (C=O) groups is 1. The average Bonchev–Trinajstić information content (AvgIpc) is 2.75. The molecule has 0 heterocycles. The van der Waals surface area contributed by atoms with Crippen LogP contribution in [0.25, 0.3) is 0 Å². The normalized spacial score (nSPS) is 14.6. The largest absolute Gasteiger partial charge is 0.491 e. The van der Waals surface area contributed by atoms with E-state index in [0.29, 0.717) is 38.8 Å². The molecule has 8 heteroatoms. The highest BCUT2D eigenvalue weighted by Crippen LogP contribution is 2.23. The molecule has 0 saturated heterocycles. The molecule has 1 aromatic carbocycles. The highest BCUT2D eigenvalue weighted by molar-refractivity contribution is 14.0. The monoisotopic (exact) mass is 532 g/mol. The number of nitrogens with zero attached hydrogens (tertiary/aromatic N) is 1. The lowest BCUT2D eigenvalue weighted by molar-refractivity contribution is -0.125. The predicted molar refractivity (Wildman–Crippen MR) is 132 cm³/mol. The summed E-state index contributed by atoms with van der Waals surface area (Å²) in [5.74, 6) is 1.93. The van der Waals surface area contributed by atoms with Crippen LogP contribution in [-0.4, -0.2) is 52.3 Å². The molecule has 170 valence electrons. The standard InChI is InChI=1S/C22H36N4O3.HI/c1-17-9-10-19(20(15-17)29-14-13-28-3)16-26-22(23-2)25-12-11-24-21(27)18-7-5-4-6-8-18;/h9-10,15,18H,4-8,11-14,16H2,1-3H3,(H,24,27)(H2,23,25,26);1H. The molecule has 1 fully saturated rings. The molecule has 1 saturated carbocycles. The van der Waals surface area contributed by atoms with E-state index >= 15 is 0 Å². The first-order chi connectivity index (χ1) is 14.1. The van der Waals surface area contributed by atoms with Crippen LogP contribution in [-0.2, 0) is 16.1 Å². The third-order valence-electron chi connectivity index (χ3n) is 5.13. The Kier molecular flexibility index (Phi) is 13.5. The van der Waals surface area contributed by atoms with Crippen LogP contribution in [0.1, 0.15) is 43.2 Å². The van der Waals surface area contributed by atoms with Crippen molar-refractivity contribution >= 4 is 35.8 Å². The van der Waals surface area contributed by atoms with E-state index in [9.17, 15) is 4.79 Å². The first-order valence-corrected chi connectivity index (χ1v) is 10.6. The van der Waals surface area contributed by atoms with Crippen molar-refractivity contribution in [3.63, 3.8) is 0 Å². The number of hydrogen-bond donors (Lipinski definition) is 3. The van der Waals surface area contributed by atoms with Crippen molar-refractivity contribution in [3.05, 3.63) is 29.3 Å². The number of amides is 1. The zero-order chi connectivity index (χ0) is 20.9. The Hall–Kier alpha value is -1.55. The van der Waals surface area contributed by atoms with E-state index in [1.54, 1.807) is 14.2 Å². The van der Waals surface area contributed by atoms with Gasteiger partial charge in [-0.05, 0) is 31.4 Å². The fourth-order valence-corrected chi connectivity index (χ4v) is 3.45. The number of rotatable bonds is 10. The van der Waals surface area contributed by atoms with Gasteiger partial charge in [-0.15, -0.1) is 24.0 Å². The molecule has 0 bridgehead atoms. The van der Waals surface area contributed by atoms with Crippen LogP contribution in [0.2, 0.25) is 0 Å². The number of carbonyl (C=O) groups excluding carboxylic acids is 1. The number of guanidine groups is 1. The van der Waals surface area contributed by atoms with Crippen LogP contribution < -0.4 is 20.7 Å². The first-order valence-electron chi connectivity index (χ1n) is 10.6. The molecule has 1 aromatic rings. The van der Waals surface area contributed by atoms with Crippen molar-refractivity contribution in [2.75, 3.05) is 40.5 Å². The molecule has 2 rings (SSSR count). The molecule has 0 atom stereocenters. The Morgan fingerprint density at radius 3 is 2.53 bits per heavy atom. The molecular formula is C22H37IN4O3. The number of methoxy groups -OCH3 is 1. The zero-order valence-corrected chi connectivity index (χ0v) is 20.8. The van der Waals surface area contributed by atoms with E-state index in [0.717, 1.165) is 29.7 Å². The van der Waals surface area contributed by atoms with Crippen LogP contribution in [0.4, 0.5) is 0 Å². The molecule has 1 aliphatic rings. The minimum absolute atomic E-state index is 0. The number of hydrogen-bond acceptors (Lipinski definition) is 4. The van der Waals surface area contributed by atoms with Crippen LogP contribution in [0.5, 0.6) is 5.75 Å². The lowest BCUT2D eigenvalue weighted by Gasteiger charge is -2.21. The van der Waals surface area contributed by atoms with Crippen molar-refractivity contribution in [3.8, 4) is 5.75 Å². The molecule has 0 unspecified atom stereocenters. The van der Waals surface area contributed by atoms with E-state index in [4.69, 9.17) is 9.47 Å². The molecule has 1 aliphatic carbocycles. The topological polar surface area (TPSA) is 84.0 Å². The van der Waals surface area contributed by atoms with E-state index in [2.05, 4.69) is 33.1 Å². The number of halogens is 1. The molecule has 1 amide bonds. The Balaban J connectivity index is 0.00000450. The van der Waals surface area contributed by atoms with Crippen LogP contribution in [0, 0.1) is 12.8 Å². The van der Waals surface area contributed by atoms with Gasteiger partial charge in [0.2, 0.25) is 5.91 Å². The molecule has 3 N–H and O–H groups in total. The van der Waals surface area contributed by atoms with Gasteiger partial charge in [0.05, 0.1) is 6.61 Å². The quantitative estimate of drug-likeness (QED) is 0.187. The molecule has 0 aromatic heterocycles. The lowest BCUT2D eigenvalue weighted by Crippen LogP contribution is -2.42. The van der Waals surface area contributed by atoms with Gasteiger partial charge >= 0.3 is 0 Å². The van der Waals surface area contributed by atoms with Gasteiger partial charge in [-0.25, -0.2) is 0 Å². The van der Waals surface area contributed by atoms with Gasteiger partial charge in [0.25, 0.3) is 0 Å². The van der Waals surface area contributed by atoms with Gasteiger partial charge < -0.3 is 25.4 Å². The molecular weight excluding hydrogens is 495 g/mol. The Labute approximate surface area is 197 Å². The number of aliphatic imine (C=N–C) groups is 1. The first kappa shape index (κ1) is 26.5. The third-order valence-corrected chi connectivity index (χ3v) is 5.13. The second-order valence-corrected chi connectivity index (χ2v) is 7.43. The van der Waals surface area contributed by atoms with Gasteiger partial charge in [0.15, 0.2) is 5.96 Å². The highest BCUT2D eigenvalue weighted by atomic mass is 127. The van der Waals surface area contributed by atoms with Gasteiger partial charge in [0.1, 0.15) is 12.4 Å². The Morgan fingerprint density at radius 1 is 1.10 bits per heavy atom. The number of aryl methyl sites for hydroxylation is 1. The minimum Gasteiger partial charge on any atom is -0.491 e. The molecule has 0 aliphatic heterocycles. The van der Waals surface area contributed by atoms with E-state index in [1.165, 1.54) is 19.3 Å². The van der Waals surface area contributed by atoms with E-state index in [-0.39, 0.29) is 35.8 Å². The van der Waals surface area contributed by atoms with Crippen molar-refractivity contribution in [2.24, 2.45) is 10.9 Å². The number of nitrogens with one attached hydrogen (secondary N) is 3. The summed E-state index contributed by atoms with van der Waals surface area (Å²) in [6.45, 7) is 4.92. The number of ether oxygens (including phenoxy) is 2. The summed E-state index contributed by atoms with van der Waals surface area (Å²) in [5.41, 5.74) is 2.21. The van der Waals surface area contributed by atoms with Crippen molar-refractivity contribution < 1.29 is 14.3 Å². The van der Waals surface area contributed by atoms with Gasteiger partial charge in [0, 0.05) is 45.3 Å². The summed E-state index contributed by atoms with van der Waals surface area (Å²) in [5, 5.41) is 9.58. The summed E-state index contributed by atoms with van der Waals surface area (Å²) in [6, 6.07) is 6.16.